The van der Waals surface area contributed by atoms with Crippen LogP contribution in [0.4, 0.5) is 0 Å². The number of hydrogen-bond donors (Lipinski definition) is 2. The van der Waals surface area contributed by atoms with E-state index >= 15 is 0 Å². The quantitative estimate of drug-likeness (QED) is 0.792. The lowest BCUT2D eigenvalue weighted by atomic mass is 9.98. The number of likely N-dealkylation sites (N-methyl/N-ethyl adjacent to an activating group) is 1. The molecule has 2 heterocycles. The predicted molar refractivity (Wildman–Crippen MR) is 73.5 cm³/mol. The highest BCUT2D eigenvalue weighted by Crippen LogP contribution is 2.29. The van der Waals surface area contributed by atoms with Crippen molar-refractivity contribution in [2.45, 2.75) is 70.1 Å². The molecule has 2 saturated heterocycles. The van der Waals surface area contributed by atoms with Gasteiger partial charge in [0.15, 0.2) is 0 Å². The molecular formula is C14H27N3O. The van der Waals surface area contributed by atoms with Crippen LogP contribution in [0.3, 0.4) is 0 Å². The van der Waals surface area contributed by atoms with Gasteiger partial charge in [0.1, 0.15) is 0 Å². The summed E-state index contributed by atoms with van der Waals surface area (Å²) in [7, 11) is 2.08. The molecule has 0 radical (unpaired) electrons. The highest BCUT2D eigenvalue weighted by molar-refractivity contribution is 5.78. The zero-order valence-electron chi connectivity index (χ0n) is 12.1. The van der Waals surface area contributed by atoms with E-state index in [2.05, 4.69) is 22.6 Å². The number of hydrogen-bond acceptors (Lipinski definition) is 3. The first kappa shape index (κ1) is 13.8. The SMILES string of the molecule is CN(CC(=O)NC(C)(C)C)C1CC2CCC(C1)N2. The first-order valence-corrected chi connectivity index (χ1v) is 7.11. The maximum atomic E-state index is 11.9. The summed E-state index contributed by atoms with van der Waals surface area (Å²) in [5.74, 6) is 0.135. The minimum absolute atomic E-state index is 0.134. The molecule has 2 aliphatic rings. The van der Waals surface area contributed by atoms with Gasteiger partial charge in [-0.15, -0.1) is 0 Å². The summed E-state index contributed by atoms with van der Waals surface area (Å²) in [6.45, 7) is 6.59. The van der Waals surface area contributed by atoms with E-state index < -0.39 is 0 Å². The third-order valence-electron chi connectivity index (χ3n) is 3.98. The molecule has 2 aliphatic heterocycles. The Balaban J connectivity index is 1.81. The van der Waals surface area contributed by atoms with Crippen LogP contribution >= 0.6 is 0 Å². The first-order valence-electron chi connectivity index (χ1n) is 7.11. The number of nitrogens with one attached hydrogen (secondary N) is 2. The molecule has 4 heteroatoms. The van der Waals surface area contributed by atoms with Gasteiger partial charge in [-0.2, -0.15) is 0 Å². The Morgan fingerprint density at radius 1 is 1.28 bits per heavy atom. The Morgan fingerprint density at radius 2 is 1.83 bits per heavy atom. The summed E-state index contributed by atoms with van der Waals surface area (Å²) < 4.78 is 0. The molecule has 2 unspecified atom stereocenters. The second kappa shape index (κ2) is 5.17. The van der Waals surface area contributed by atoms with Crippen molar-refractivity contribution in [1.82, 2.24) is 15.5 Å². The third kappa shape index (κ3) is 3.69. The Bertz CT molecular complexity index is 299. The van der Waals surface area contributed by atoms with E-state index in [0.717, 1.165) is 0 Å². The number of carbonyl (C=O) groups is 1. The van der Waals surface area contributed by atoms with Crippen molar-refractivity contribution in [2.24, 2.45) is 0 Å². The number of piperidine rings is 1. The molecule has 0 aromatic carbocycles. The van der Waals surface area contributed by atoms with Crippen LogP contribution in [-0.4, -0.2) is 48.1 Å². The van der Waals surface area contributed by atoms with Crippen molar-refractivity contribution in [3.63, 3.8) is 0 Å². The van der Waals surface area contributed by atoms with Crippen molar-refractivity contribution in [1.29, 1.82) is 0 Å². The average Bonchev–Trinajstić information content (AvgIpc) is 2.54. The van der Waals surface area contributed by atoms with Gasteiger partial charge >= 0.3 is 0 Å². The minimum atomic E-state index is -0.134. The van der Waals surface area contributed by atoms with Gasteiger partial charge in [-0.05, 0) is 53.5 Å². The fraction of sp³-hybridized carbons (Fsp3) is 0.929. The molecule has 0 spiro atoms. The number of rotatable bonds is 3. The second-order valence-corrected chi connectivity index (χ2v) is 6.98. The van der Waals surface area contributed by atoms with Crippen LogP contribution in [0, 0.1) is 0 Å². The molecule has 0 aromatic heterocycles. The zero-order chi connectivity index (χ0) is 13.3. The molecule has 2 bridgehead atoms. The van der Waals surface area contributed by atoms with Gasteiger partial charge in [0.2, 0.25) is 5.91 Å². The van der Waals surface area contributed by atoms with Crippen LogP contribution in [-0.2, 0) is 4.79 Å². The maximum absolute atomic E-state index is 11.9. The maximum Gasteiger partial charge on any atom is 0.234 e. The van der Waals surface area contributed by atoms with E-state index in [9.17, 15) is 4.79 Å². The van der Waals surface area contributed by atoms with Gasteiger partial charge in [-0.1, -0.05) is 0 Å². The highest BCUT2D eigenvalue weighted by atomic mass is 16.2. The van der Waals surface area contributed by atoms with Crippen LogP contribution in [0.25, 0.3) is 0 Å². The lowest BCUT2D eigenvalue weighted by Crippen LogP contribution is -2.51. The molecule has 2 N–H and O–H groups in total. The second-order valence-electron chi connectivity index (χ2n) is 6.98. The number of fused-ring (bicyclic) bond motifs is 2. The molecule has 4 nitrogen and oxygen atoms in total. The fourth-order valence-electron chi connectivity index (χ4n) is 3.20. The Morgan fingerprint density at radius 3 is 2.33 bits per heavy atom. The largest absolute Gasteiger partial charge is 0.350 e. The Kier molecular flexibility index (Phi) is 3.97. The van der Waals surface area contributed by atoms with Crippen molar-refractivity contribution < 1.29 is 4.79 Å². The minimum Gasteiger partial charge on any atom is -0.350 e. The van der Waals surface area contributed by atoms with Gasteiger partial charge in [0.05, 0.1) is 6.54 Å². The molecule has 0 aliphatic carbocycles. The molecule has 0 aromatic rings. The Labute approximate surface area is 110 Å². The highest BCUT2D eigenvalue weighted by Gasteiger charge is 2.35. The lowest BCUT2D eigenvalue weighted by molar-refractivity contribution is -0.124. The summed E-state index contributed by atoms with van der Waals surface area (Å²) in [4.78, 5) is 14.2. The van der Waals surface area contributed by atoms with E-state index in [-0.39, 0.29) is 11.4 Å². The van der Waals surface area contributed by atoms with E-state index in [1.165, 1.54) is 25.7 Å². The fourth-order valence-corrected chi connectivity index (χ4v) is 3.20. The summed E-state index contributed by atoms with van der Waals surface area (Å²) in [5.41, 5.74) is -0.134. The molecule has 2 atom stereocenters. The number of carbonyl (C=O) groups excluding carboxylic acids is 1. The average molecular weight is 253 g/mol. The summed E-state index contributed by atoms with van der Waals surface area (Å²) in [6, 6.07) is 1.93. The first-order chi connectivity index (χ1) is 8.33. The predicted octanol–water partition coefficient (Wildman–Crippen LogP) is 1.12. The van der Waals surface area contributed by atoms with Crippen LogP contribution in [0.15, 0.2) is 0 Å². The van der Waals surface area contributed by atoms with E-state index in [0.29, 0.717) is 24.7 Å². The normalized spacial score (nSPS) is 31.7. The smallest absolute Gasteiger partial charge is 0.234 e. The molecule has 104 valence electrons. The lowest BCUT2D eigenvalue weighted by Gasteiger charge is -2.35. The standard InChI is InChI=1S/C14H27N3O/c1-14(2,3)16-13(18)9-17(4)12-7-10-5-6-11(8-12)15-10/h10-12,15H,5-9H2,1-4H3,(H,16,18). The molecule has 2 fully saturated rings. The number of amides is 1. The van der Waals surface area contributed by atoms with Crippen LogP contribution in [0.1, 0.15) is 46.5 Å². The van der Waals surface area contributed by atoms with E-state index in [1.54, 1.807) is 0 Å². The third-order valence-corrected chi connectivity index (χ3v) is 3.98. The van der Waals surface area contributed by atoms with Gasteiger partial charge < -0.3 is 10.6 Å². The van der Waals surface area contributed by atoms with Gasteiger partial charge in [0, 0.05) is 23.7 Å². The molecule has 2 rings (SSSR count). The number of nitrogens with zero attached hydrogens (tertiary/aromatic N) is 1. The van der Waals surface area contributed by atoms with E-state index in [1.807, 2.05) is 20.8 Å². The zero-order valence-corrected chi connectivity index (χ0v) is 12.1. The molecule has 1 amide bonds. The van der Waals surface area contributed by atoms with E-state index in [4.69, 9.17) is 0 Å². The molecule has 0 saturated carbocycles. The van der Waals surface area contributed by atoms with Gasteiger partial charge in [-0.25, -0.2) is 0 Å². The van der Waals surface area contributed by atoms with Crippen molar-refractivity contribution in [3.05, 3.63) is 0 Å². The summed E-state index contributed by atoms with van der Waals surface area (Å²) in [5, 5.41) is 6.67. The van der Waals surface area contributed by atoms with Gasteiger partial charge in [0.25, 0.3) is 0 Å². The molecular weight excluding hydrogens is 226 g/mol. The van der Waals surface area contributed by atoms with Crippen molar-refractivity contribution in [3.8, 4) is 0 Å². The summed E-state index contributed by atoms with van der Waals surface area (Å²) in [6.07, 6.45) is 5.00. The topological polar surface area (TPSA) is 44.4 Å². The van der Waals surface area contributed by atoms with Crippen LogP contribution in [0.5, 0.6) is 0 Å². The monoisotopic (exact) mass is 253 g/mol. The van der Waals surface area contributed by atoms with Gasteiger partial charge in [-0.3, -0.25) is 9.69 Å². The Hall–Kier alpha value is -0.610. The van der Waals surface area contributed by atoms with Crippen molar-refractivity contribution >= 4 is 5.91 Å². The molecule has 18 heavy (non-hydrogen) atoms. The van der Waals surface area contributed by atoms with Crippen LogP contribution < -0.4 is 10.6 Å². The van der Waals surface area contributed by atoms with Crippen molar-refractivity contribution in [2.75, 3.05) is 13.6 Å². The van der Waals surface area contributed by atoms with Crippen LogP contribution in [0.2, 0.25) is 0 Å². The summed E-state index contributed by atoms with van der Waals surface area (Å²) >= 11 is 0.